The lowest BCUT2D eigenvalue weighted by molar-refractivity contribution is 0.102. The molecule has 0 aliphatic rings. The smallest absolute Gasteiger partial charge is 0.274 e. The summed E-state index contributed by atoms with van der Waals surface area (Å²) in [6, 6.07) is 14.1. The number of pyridine rings is 1. The number of halogens is 2. The van der Waals surface area contributed by atoms with E-state index in [9.17, 15) is 13.6 Å². The van der Waals surface area contributed by atoms with E-state index >= 15 is 0 Å². The number of aromatic nitrogens is 3. The number of hydrogen-bond donors (Lipinski definition) is 2. The second kappa shape index (κ2) is 7.59. The van der Waals surface area contributed by atoms with E-state index in [1.165, 1.54) is 12.1 Å². The molecule has 8 heteroatoms. The van der Waals surface area contributed by atoms with Crippen molar-refractivity contribution in [3.63, 3.8) is 0 Å². The van der Waals surface area contributed by atoms with Gasteiger partial charge in [-0.25, -0.2) is 18.7 Å². The fraction of sp³-hybridized carbons (Fsp3) is 0.0476. The SMILES string of the molecule is Cc1cc(C(=O)Nc2c(F)cccc2F)nc(Nc2cccc3cccnc23)n1. The Labute approximate surface area is 164 Å². The first-order valence-electron chi connectivity index (χ1n) is 8.73. The molecule has 0 radical (unpaired) electrons. The van der Waals surface area contributed by atoms with E-state index in [0.717, 1.165) is 23.0 Å². The topological polar surface area (TPSA) is 79.8 Å². The van der Waals surface area contributed by atoms with Gasteiger partial charge in [-0.05, 0) is 37.3 Å². The maximum absolute atomic E-state index is 13.8. The number of nitrogens with one attached hydrogen (secondary N) is 2. The van der Waals surface area contributed by atoms with Crippen molar-refractivity contribution in [1.82, 2.24) is 15.0 Å². The van der Waals surface area contributed by atoms with Crippen molar-refractivity contribution in [3.8, 4) is 0 Å². The van der Waals surface area contributed by atoms with E-state index < -0.39 is 23.2 Å². The average Bonchev–Trinajstić information content (AvgIpc) is 2.70. The Kier molecular flexibility index (Phi) is 4.82. The largest absolute Gasteiger partial charge is 0.322 e. The number of carbonyl (C=O) groups excluding carboxylic acids is 1. The normalized spacial score (nSPS) is 10.7. The molecule has 0 fully saturated rings. The highest BCUT2D eigenvalue weighted by molar-refractivity contribution is 6.03. The summed E-state index contributed by atoms with van der Waals surface area (Å²) in [5.41, 5.74) is 1.34. The molecular formula is C21H15F2N5O. The molecule has 2 heterocycles. The van der Waals surface area contributed by atoms with Crippen LogP contribution in [0.25, 0.3) is 10.9 Å². The molecule has 144 valence electrons. The van der Waals surface area contributed by atoms with Crippen molar-refractivity contribution in [2.45, 2.75) is 6.92 Å². The zero-order valence-electron chi connectivity index (χ0n) is 15.3. The van der Waals surface area contributed by atoms with Gasteiger partial charge >= 0.3 is 0 Å². The molecule has 6 nitrogen and oxygen atoms in total. The molecule has 2 aromatic heterocycles. The minimum atomic E-state index is -0.871. The monoisotopic (exact) mass is 391 g/mol. The van der Waals surface area contributed by atoms with Crippen LogP contribution in [0.15, 0.2) is 60.8 Å². The molecule has 4 rings (SSSR count). The molecular weight excluding hydrogens is 376 g/mol. The molecule has 0 saturated carbocycles. The van der Waals surface area contributed by atoms with Crippen molar-refractivity contribution >= 4 is 34.1 Å². The summed E-state index contributed by atoms with van der Waals surface area (Å²) in [6.07, 6.45) is 1.67. The Morgan fingerprint density at radius 3 is 2.48 bits per heavy atom. The Balaban J connectivity index is 1.65. The summed E-state index contributed by atoms with van der Waals surface area (Å²) in [7, 11) is 0. The van der Waals surface area contributed by atoms with Crippen LogP contribution in [0.1, 0.15) is 16.2 Å². The number of para-hydroxylation sites is 2. The molecule has 0 saturated heterocycles. The van der Waals surface area contributed by atoms with Crippen molar-refractivity contribution in [2.24, 2.45) is 0 Å². The lowest BCUT2D eigenvalue weighted by Gasteiger charge is -2.11. The first kappa shape index (κ1) is 18.4. The summed E-state index contributed by atoms with van der Waals surface area (Å²) >= 11 is 0. The third kappa shape index (κ3) is 3.86. The van der Waals surface area contributed by atoms with Crippen molar-refractivity contribution < 1.29 is 13.6 Å². The molecule has 1 amide bonds. The van der Waals surface area contributed by atoms with Crippen LogP contribution in [0.3, 0.4) is 0 Å². The Morgan fingerprint density at radius 2 is 1.69 bits per heavy atom. The second-order valence-electron chi connectivity index (χ2n) is 6.27. The molecule has 0 bridgehead atoms. The third-order valence-corrected chi connectivity index (χ3v) is 4.17. The van der Waals surface area contributed by atoms with Gasteiger partial charge in [0.05, 0.1) is 11.2 Å². The highest BCUT2D eigenvalue weighted by Gasteiger charge is 2.16. The Hall–Kier alpha value is -3.94. The Morgan fingerprint density at radius 1 is 0.966 bits per heavy atom. The second-order valence-corrected chi connectivity index (χ2v) is 6.27. The van der Waals surface area contributed by atoms with Crippen molar-refractivity contribution in [2.75, 3.05) is 10.6 Å². The number of aryl methyl sites for hydroxylation is 1. The predicted octanol–water partition coefficient (Wildman–Crippen LogP) is 4.61. The van der Waals surface area contributed by atoms with Gasteiger partial charge in [-0.1, -0.05) is 24.3 Å². The van der Waals surface area contributed by atoms with E-state index in [0.29, 0.717) is 11.4 Å². The summed E-state index contributed by atoms with van der Waals surface area (Å²) in [5.74, 6) is -2.32. The van der Waals surface area contributed by atoms with Crippen LogP contribution in [0.5, 0.6) is 0 Å². The molecule has 2 aromatic carbocycles. The minimum absolute atomic E-state index is 0.0316. The third-order valence-electron chi connectivity index (χ3n) is 4.17. The lowest BCUT2D eigenvalue weighted by Crippen LogP contribution is -2.17. The molecule has 29 heavy (non-hydrogen) atoms. The lowest BCUT2D eigenvalue weighted by atomic mass is 10.2. The molecule has 0 spiro atoms. The number of benzene rings is 2. The first-order chi connectivity index (χ1) is 14.0. The summed E-state index contributed by atoms with van der Waals surface area (Å²) in [5, 5.41) is 6.21. The Bertz CT molecular complexity index is 1200. The molecule has 0 aliphatic carbocycles. The van der Waals surface area contributed by atoms with Gasteiger partial charge in [-0.15, -0.1) is 0 Å². The summed E-state index contributed by atoms with van der Waals surface area (Å²) in [4.78, 5) is 25.3. The van der Waals surface area contributed by atoms with Gasteiger partial charge in [0.2, 0.25) is 5.95 Å². The van der Waals surface area contributed by atoms with Crippen molar-refractivity contribution in [1.29, 1.82) is 0 Å². The van der Waals surface area contributed by atoms with Gasteiger partial charge in [-0.3, -0.25) is 9.78 Å². The summed E-state index contributed by atoms with van der Waals surface area (Å²) in [6.45, 7) is 1.69. The quantitative estimate of drug-likeness (QED) is 0.531. The average molecular weight is 391 g/mol. The number of fused-ring (bicyclic) bond motifs is 1. The summed E-state index contributed by atoms with van der Waals surface area (Å²) < 4.78 is 27.6. The van der Waals surface area contributed by atoms with Crippen LogP contribution in [0, 0.1) is 18.6 Å². The van der Waals surface area contributed by atoms with E-state index in [4.69, 9.17) is 0 Å². The highest BCUT2D eigenvalue weighted by Crippen LogP contribution is 2.24. The number of rotatable bonds is 4. The van der Waals surface area contributed by atoms with Crippen molar-refractivity contribution in [3.05, 3.63) is 83.8 Å². The number of nitrogens with zero attached hydrogens (tertiary/aromatic N) is 3. The number of hydrogen-bond acceptors (Lipinski definition) is 5. The molecule has 0 aliphatic heterocycles. The van der Waals surface area contributed by atoms with Crippen LogP contribution in [-0.2, 0) is 0 Å². The maximum atomic E-state index is 13.8. The van der Waals surface area contributed by atoms with Gasteiger partial charge in [0.15, 0.2) is 0 Å². The molecule has 2 N–H and O–H groups in total. The standard InChI is InChI=1S/C21H15F2N5O/c1-12-11-17(20(29)28-19-14(22)7-3-8-15(19)23)27-21(25-12)26-16-9-2-5-13-6-4-10-24-18(13)16/h2-11H,1H3,(H,28,29)(H,25,26,27). The van der Waals surface area contributed by atoms with E-state index in [1.54, 1.807) is 13.1 Å². The predicted molar refractivity (Wildman–Crippen MR) is 106 cm³/mol. The van der Waals surface area contributed by atoms with Crippen LogP contribution in [0.4, 0.5) is 26.1 Å². The first-order valence-corrected chi connectivity index (χ1v) is 8.73. The van der Waals surface area contributed by atoms with Gasteiger partial charge in [0.1, 0.15) is 23.0 Å². The molecule has 0 atom stereocenters. The molecule has 0 unspecified atom stereocenters. The van der Waals surface area contributed by atoms with E-state index in [1.807, 2.05) is 30.3 Å². The molecule has 4 aromatic rings. The number of anilines is 3. The number of carbonyl (C=O) groups is 1. The van der Waals surface area contributed by atoms with E-state index in [-0.39, 0.29) is 11.6 Å². The van der Waals surface area contributed by atoms with Gasteiger partial charge in [0, 0.05) is 17.3 Å². The van der Waals surface area contributed by atoms with Crippen LogP contribution in [0.2, 0.25) is 0 Å². The fourth-order valence-corrected chi connectivity index (χ4v) is 2.86. The fourth-order valence-electron chi connectivity index (χ4n) is 2.86. The number of amides is 1. The maximum Gasteiger partial charge on any atom is 0.274 e. The zero-order chi connectivity index (χ0) is 20.4. The van der Waals surface area contributed by atoms with Gasteiger partial charge in [0.25, 0.3) is 5.91 Å². The minimum Gasteiger partial charge on any atom is -0.322 e. The van der Waals surface area contributed by atoms with Crippen LogP contribution < -0.4 is 10.6 Å². The zero-order valence-corrected chi connectivity index (χ0v) is 15.3. The van der Waals surface area contributed by atoms with Gasteiger partial charge < -0.3 is 10.6 Å². The highest BCUT2D eigenvalue weighted by atomic mass is 19.1. The van der Waals surface area contributed by atoms with Crippen LogP contribution in [-0.4, -0.2) is 20.9 Å². The van der Waals surface area contributed by atoms with Gasteiger partial charge in [-0.2, -0.15) is 0 Å². The van der Waals surface area contributed by atoms with Crippen LogP contribution >= 0.6 is 0 Å². The van der Waals surface area contributed by atoms with E-state index in [2.05, 4.69) is 25.6 Å².